The summed E-state index contributed by atoms with van der Waals surface area (Å²) in [5, 5.41) is 16.6. The molecular formula is C27H28FN7O2. The fraction of sp³-hybridized carbons (Fsp3) is 0.370. The van der Waals surface area contributed by atoms with Crippen molar-refractivity contribution < 1.29 is 14.0 Å². The topological polar surface area (TPSA) is 114 Å². The van der Waals surface area contributed by atoms with Gasteiger partial charge >= 0.3 is 0 Å². The van der Waals surface area contributed by atoms with E-state index in [4.69, 9.17) is 0 Å². The lowest BCUT2D eigenvalue weighted by molar-refractivity contribution is -0.132. The molecule has 2 fully saturated rings. The second-order valence-electron chi connectivity index (χ2n) is 9.47. The number of carbonyl (C=O) groups excluding carboxylic acids is 2. The van der Waals surface area contributed by atoms with Gasteiger partial charge in [0, 0.05) is 60.9 Å². The van der Waals surface area contributed by atoms with Crippen LogP contribution in [0, 0.1) is 11.3 Å². The lowest BCUT2D eigenvalue weighted by Gasteiger charge is -2.33. The van der Waals surface area contributed by atoms with Gasteiger partial charge in [-0.15, -0.1) is 0 Å². The zero-order valence-corrected chi connectivity index (χ0v) is 20.3. The molecule has 9 nitrogen and oxygen atoms in total. The van der Waals surface area contributed by atoms with Crippen molar-refractivity contribution in [3.05, 3.63) is 60.6 Å². The van der Waals surface area contributed by atoms with Crippen LogP contribution in [0.4, 0.5) is 15.8 Å². The number of amides is 2. The first-order chi connectivity index (χ1) is 18.0. The molecule has 2 amide bonds. The molecular weight excluding hydrogens is 473 g/mol. The highest BCUT2D eigenvalue weighted by Gasteiger charge is 2.36. The van der Waals surface area contributed by atoms with Crippen LogP contribution in [0.1, 0.15) is 29.6 Å². The number of pyridine rings is 2. The summed E-state index contributed by atoms with van der Waals surface area (Å²) < 4.78 is 13.7. The number of nitrogens with one attached hydrogen (secondary N) is 2. The Balaban J connectivity index is 1.21. The van der Waals surface area contributed by atoms with Gasteiger partial charge in [-0.05, 0) is 49.2 Å². The molecule has 0 spiro atoms. The molecule has 0 unspecified atom stereocenters. The van der Waals surface area contributed by atoms with E-state index in [0.29, 0.717) is 16.8 Å². The number of fused-ring (bicyclic) bond motifs is 1. The van der Waals surface area contributed by atoms with Crippen LogP contribution in [0.3, 0.4) is 0 Å². The van der Waals surface area contributed by atoms with E-state index in [1.807, 2.05) is 24.3 Å². The van der Waals surface area contributed by atoms with Crippen molar-refractivity contribution in [2.24, 2.45) is 0 Å². The third-order valence-corrected chi connectivity index (χ3v) is 6.98. The molecule has 3 aromatic rings. The summed E-state index contributed by atoms with van der Waals surface area (Å²) in [4.78, 5) is 37.5. The predicted molar refractivity (Wildman–Crippen MR) is 138 cm³/mol. The monoisotopic (exact) mass is 501 g/mol. The van der Waals surface area contributed by atoms with Crippen LogP contribution in [0.2, 0.25) is 0 Å². The molecule has 2 N–H and O–H groups in total. The highest BCUT2D eigenvalue weighted by atomic mass is 19.1. The smallest absolute Gasteiger partial charge is 0.257 e. The standard InChI is InChI=1S/C27H28FN7O2/c28-18-14-21(15-29)35(16-18)25(36)17-34-12-7-20(8-13-34)32-24-4-3-23(26-22(24)2-1-9-31-26)27(37)33-19-5-10-30-11-6-19/h1-6,9-11,18,20-21,32H,7-8,12-14,16-17H2,(H,30,33,37)/t18-,21-/m0/s1. The maximum Gasteiger partial charge on any atom is 0.257 e. The number of aromatic nitrogens is 2. The van der Waals surface area contributed by atoms with Crippen molar-refractivity contribution in [1.29, 1.82) is 5.26 Å². The van der Waals surface area contributed by atoms with Crippen LogP contribution in [0.5, 0.6) is 0 Å². The zero-order chi connectivity index (χ0) is 25.8. The molecule has 37 heavy (non-hydrogen) atoms. The molecule has 2 aliphatic rings. The molecule has 0 saturated carbocycles. The van der Waals surface area contributed by atoms with Gasteiger partial charge in [0.1, 0.15) is 12.2 Å². The number of piperidine rings is 1. The van der Waals surface area contributed by atoms with E-state index < -0.39 is 12.2 Å². The molecule has 0 radical (unpaired) electrons. The van der Waals surface area contributed by atoms with Crippen LogP contribution < -0.4 is 10.6 Å². The number of alkyl halides is 1. The fourth-order valence-electron chi connectivity index (χ4n) is 5.04. The summed E-state index contributed by atoms with van der Waals surface area (Å²) in [5.74, 6) is -0.425. The largest absolute Gasteiger partial charge is 0.382 e. The van der Waals surface area contributed by atoms with Gasteiger partial charge < -0.3 is 15.5 Å². The van der Waals surface area contributed by atoms with Gasteiger partial charge in [0.25, 0.3) is 5.91 Å². The molecule has 190 valence electrons. The minimum atomic E-state index is -1.12. The van der Waals surface area contributed by atoms with E-state index >= 15 is 0 Å². The average Bonchev–Trinajstić information content (AvgIpc) is 3.31. The number of nitriles is 1. The number of likely N-dealkylation sites (tertiary alicyclic amines) is 2. The molecule has 2 aromatic heterocycles. The molecule has 2 atom stereocenters. The van der Waals surface area contributed by atoms with Crippen molar-refractivity contribution in [3.63, 3.8) is 0 Å². The fourth-order valence-corrected chi connectivity index (χ4v) is 5.04. The highest BCUT2D eigenvalue weighted by Crippen LogP contribution is 2.28. The Morgan fingerprint density at radius 2 is 1.89 bits per heavy atom. The average molecular weight is 502 g/mol. The normalized spacial score (nSPS) is 20.5. The third-order valence-electron chi connectivity index (χ3n) is 6.98. The molecule has 1 aromatic carbocycles. The van der Waals surface area contributed by atoms with E-state index in [-0.39, 0.29) is 37.4 Å². The summed E-state index contributed by atoms with van der Waals surface area (Å²) in [5.41, 5.74) is 2.67. The van der Waals surface area contributed by atoms with Gasteiger partial charge in [-0.25, -0.2) is 4.39 Å². The molecule has 2 saturated heterocycles. The van der Waals surface area contributed by atoms with Crippen molar-refractivity contribution in [2.45, 2.75) is 37.5 Å². The van der Waals surface area contributed by atoms with Crippen LogP contribution in [0.15, 0.2) is 55.0 Å². The maximum absolute atomic E-state index is 13.7. The molecule has 2 aliphatic heterocycles. The van der Waals surface area contributed by atoms with E-state index in [2.05, 4.69) is 25.5 Å². The number of carbonyl (C=O) groups is 2. The summed E-state index contributed by atoms with van der Waals surface area (Å²) in [6, 6.07) is 12.5. The lowest BCUT2D eigenvalue weighted by Crippen LogP contribution is -2.46. The summed E-state index contributed by atoms with van der Waals surface area (Å²) in [7, 11) is 0. The molecule has 0 bridgehead atoms. The number of benzene rings is 1. The molecule has 4 heterocycles. The van der Waals surface area contributed by atoms with Gasteiger partial charge in [0.15, 0.2) is 0 Å². The third kappa shape index (κ3) is 5.52. The van der Waals surface area contributed by atoms with E-state index in [1.165, 1.54) is 4.90 Å². The first-order valence-electron chi connectivity index (χ1n) is 12.4. The number of halogens is 1. The SMILES string of the molecule is N#C[C@@H]1C[C@H](F)CN1C(=O)CN1CCC(Nc2ccc(C(=O)Nc3ccncc3)c3ncccc23)CC1. The Bertz CT molecular complexity index is 1320. The van der Waals surface area contributed by atoms with Gasteiger partial charge in [0.2, 0.25) is 5.91 Å². The lowest BCUT2D eigenvalue weighted by atomic mass is 10.0. The number of hydrogen-bond donors (Lipinski definition) is 2. The van der Waals surface area contributed by atoms with Gasteiger partial charge in [-0.1, -0.05) is 0 Å². The second-order valence-corrected chi connectivity index (χ2v) is 9.47. The van der Waals surface area contributed by atoms with Crippen molar-refractivity contribution in [3.8, 4) is 6.07 Å². The molecule has 10 heteroatoms. The predicted octanol–water partition coefficient (Wildman–Crippen LogP) is 3.22. The Morgan fingerprint density at radius 3 is 2.65 bits per heavy atom. The van der Waals surface area contributed by atoms with Crippen molar-refractivity contribution in [2.75, 3.05) is 36.8 Å². The first-order valence-corrected chi connectivity index (χ1v) is 12.4. The number of nitrogens with zero attached hydrogens (tertiary/aromatic N) is 5. The maximum atomic E-state index is 13.7. The molecule has 0 aliphatic carbocycles. The van der Waals surface area contributed by atoms with Crippen LogP contribution >= 0.6 is 0 Å². The van der Waals surface area contributed by atoms with Crippen LogP contribution in [-0.4, -0.2) is 76.0 Å². The zero-order valence-electron chi connectivity index (χ0n) is 20.3. The minimum Gasteiger partial charge on any atom is -0.382 e. The Labute approximate surface area is 214 Å². The first kappa shape index (κ1) is 24.6. The van der Waals surface area contributed by atoms with Crippen LogP contribution in [-0.2, 0) is 4.79 Å². The van der Waals surface area contributed by atoms with Gasteiger partial charge in [0.05, 0.1) is 30.2 Å². The minimum absolute atomic E-state index is 0.00671. The quantitative estimate of drug-likeness (QED) is 0.533. The van der Waals surface area contributed by atoms with E-state index in [9.17, 15) is 19.2 Å². The van der Waals surface area contributed by atoms with Gasteiger partial charge in [-0.3, -0.25) is 24.5 Å². The number of hydrogen-bond acceptors (Lipinski definition) is 7. The van der Waals surface area contributed by atoms with Crippen molar-refractivity contribution in [1.82, 2.24) is 19.8 Å². The van der Waals surface area contributed by atoms with Crippen LogP contribution in [0.25, 0.3) is 10.9 Å². The summed E-state index contributed by atoms with van der Waals surface area (Å²) in [6.45, 7) is 1.64. The summed E-state index contributed by atoms with van der Waals surface area (Å²) >= 11 is 0. The Hall–Kier alpha value is -4.10. The Kier molecular flexibility index (Phi) is 7.23. The summed E-state index contributed by atoms with van der Waals surface area (Å²) in [6.07, 6.45) is 5.54. The molecule has 5 rings (SSSR count). The number of rotatable bonds is 6. The highest BCUT2D eigenvalue weighted by molar-refractivity contribution is 6.13. The van der Waals surface area contributed by atoms with E-state index in [1.54, 1.807) is 36.8 Å². The van der Waals surface area contributed by atoms with Crippen molar-refractivity contribution >= 4 is 34.1 Å². The van der Waals surface area contributed by atoms with Gasteiger partial charge in [-0.2, -0.15) is 5.26 Å². The number of anilines is 2. The Morgan fingerprint density at radius 1 is 1.11 bits per heavy atom. The van der Waals surface area contributed by atoms with E-state index in [0.717, 1.165) is 37.0 Å². The second kappa shape index (κ2) is 10.9.